The second-order valence-electron chi connectivity index (χ2n) is 5.63. The van der Waals surface area contributed by atoms with Gasteiger partial charge in [-0.15, -0.1) is 30.6 Å². The van der Waals surface area contributed by atoms with Crippen molar-refractivity contribution in [2.24, 2.45) is 4.99 Å². The Balaban J connectivity index is 0.00000529. The Labute approximate surface area is 164 Å². The van der Waals surface area contributed by atoms with Crippen LogP contribution in [0.25, 0.3) is 0 Å². The number of nitrogens with one attached hydrogen (secondary N) is 1. The number of hydrogen-bond acceptors (Lipinski definition) is 2. The topological polar surface area (TPSA) is 36.9 Å². The first kappa shape index (κ1) is 22.8. The maximum atomic E-state index is 5.18. The van der Waals surface area contributed by atoms with Crippen LogP contribution in [0.2, 0.25) is 0 Å². The maximum absolute atomic E-state index is 5.18. The first-order chi connectivity index (χ1) is 11.2. The van der Waals surface area contributed by atoms with Crippen molar-refractivity contribution in [1.82, 2.24) is 10.2 Å². The van der Waals surface area contributed by atoms with Gasteiger partial charge in [0.2, 0.25) is 0 Å². The molecule has 4 nitrogen and oxygen atoms in total. The molecule has 0 unspecified atom stereocenters. The van der Waals surface area contributed by atoms with Crippen LogP contribution in [0.1, 0.15) is 31.2 Å². The maximum Gasteiger partial charge on any atom is 0.193 e. The number of allylic oxidation sites excluding steroid dienone is 1. The van der Waals surface area contributed by atoms with E-state index in [4.69, 9.17) is 4.74 Å². The lowest BCUT2D eigenvalue weighted by Gasteiger charge is -2.21. The molecule has 0 atom stereocenters. The smallest absolute Gasteiger partial charge is 0.193 e. The van der Waals surface area contributed by atoms with Gasteiger partial charge in [-0.2, -0.15) is 0 Å². The van der Waals surface area contributed by atoms with Gasteiger partial charge >= 0.3 is 0 Å². The summed E-state index contributed by atoms with van der Waals surface area (Å²) in [6.07, 6.45) is 7.51. The summed E-state index contributed by atoms with van der Waals surface area (Å²) in [6.45, 7) is 5.71. The molecule has 0 aliphatic carbocycles. The zero-order chi connectivity index (χ0) is 16.9. The molecule has 1 aromatic rings. The number of ether oxygens (including phenoxy) is 1. The van der Waals surface area contributed by atoms with E-state index in [9.17, 15) is 0 Å². The number of benzene rings is 1. The van der Waals surface area contributed by atoms with E-state index in [-0.39, 0.29) is 24.0 Å². The molecule has 0 aliphatic rings. The SMILES string of the molecule is C=CCCCN(C)C(=NC)NCCCCc1ccc(OC)cc1.I. The Kier molecular flexibility index (Phi) is 13.4. The minimum Gasteiger partial charge on any atom is -0.497 e. The van der Waals surface area contributed by atoms with E-state index in [1.807, 2.05) is 25.3 Å². The molecule has 24 heavy (non-hydrogen) atoms. The van der Waals surface area contributed by atoms with Gasteiger partial charge in [0.05, 0.1) is 7.11 Å². The predicted octanol–water partition coefficient (Wildman–Crippen LogP) is 4.11. The van der Waals surface area contributed by atoms with Gasteiger partial charge in [0.15, 0.2) is 5.96 Å². The normalized spacial score (nSPS) is 10.7. The van der Waals surface area contributed by atoms with Crippen LogP contribution in [0.15, 0.2) is 41.9 Å². The molecule has 0 amide bonds. The molecule has 0 radical (unpaired) electrons. The summed E-state index contributed by atoms with van der Waals surface area (Å²) >= 11 is 0. The summed E-state index contributed by atoms with van der Waals surface area (Å²) < 4.78 is 5.18. The number of unbranched alkanes of at least 4 members (excludes halogenated alkanes) is 2. The molecule has 1 rings (SSSR count). The van der Waals surface area contributed by atoms with Crippen LogP contribution in [-0.2, 0) is 6.42 Å². The first-order valence-electron chi connectivity index (χ1n) is 8.37. The van der Waals surface area contributed by atoms with E-state index in [2.05, 4.69) is 41.0 Å². The third kappa shape index (κ3) is 9.15. The highest BCUT2D eigenvalue weighted by Gasteiger charge is 2.04. The number of methoxy groups -OCH3 is 1. The molecule has 0 spiro atoms. The highest BCUT2D eigenvalue weighted by atomic mass is 127. The van der Waals surface area contributed by atoms with Crippen LogP contribution in [0.4, 0.5) is 0 Å². The van der Waals surface area contributed by atoms with Crippen LogP contribution in [0.3, 0.4) is 0 Å². The van der Waals surface area contributed by atoms with E-state index in [1.165, 1.54) is 5.56 Å². The van der Waals surface area contributed by atoms with Crippen LogP contribution in [0.5, 0.6) is 5.75 Å². The number of aliphatic imine (C=N–C) groups is 1. The number of hydrogen-bond donors (Lipinski definition) is 1. The first-order valence-corrected chi connectivity index (χ1v) is 8.37. The largest absolute Gasteiger partial charge is 0.497 e. The number of rotatable bonds is 10. The lowest BCUT2D eigenvalue weighted by atomic mass is 10.1. The van der Waals surface area contributed by atoms with Crippen LogP contribution in [0, 0.1) is 0 Å². The highest BCUT2D eigenvalue weighted by molar-refractivity contribution is 14.0. The van der Waals surface area contributed by atoms with Crippen LogP contribution < -0.4 is 10.1 Å². The van der Waals surface area contributed by atoms with Crippen molar-refractivity contribution in [3.63, 3.8) is 0 Å². The molecule has 0 aromatic heterocycles. The van der Waals surface area contributed by atoms with Crippen molar-refractivity contribution in [1.29, 1.82) is 0 Å². The van der Waals surface area contributed by atoms with Crippen molar-refractivity contribution >= 4 is 29.9 Å². The zero-order valence-electron chi connectivity index (χ0n) is 15.3. The summed E-state index contributed by atoms with van der Waals surface area (Å²) in [4.78, 5) is 6.51. The Morgan fingerprint density at radius 1 is 1.25 bits per heavy atom. The summed E-state index contributed by atoms with van der Waals surface area (Å²) in [5.41, 5.74) is 1.36. The summed E-state index contributed by atoms with van der Waals surface area (Å²) in [6, 6.07) is 8.32. The van der Waals surface area contributed by atoms with Gasteiger partial charge in [-0.05, 0) is 49.8 Å². The molecule has 136 valence electrons. The number of nitrogens with zero attached hydrogens (tertiary/aromatic N) is 2. The second-order valence-corrected chi connectivity index (χ2v) is 5.63. The quantitative estimate of drug-likeness (QED) is 0.194. The van der Waals surface area contributed by atoms with Gasteiger partial charge in [0.1, 0.15) is 5.75 Å². The van der Waals surface area contributed by atoms with Gasteiger partial charge in [0, 0.05) is 27.2 Å². The molecule has 1 N–H and O–H groups in total. The fourth-order valence-corrected chi connectivity index (χ4v) is 2.41. The Bertz CT molecular complexity index is 474. The van der Waals surface area contributed by atoms with Crippen molar-refractivity contribution in [2.45, 2.75) is 32.1 Å². The monoisotopic (exact) mass is 445 g/mol. The highest BCUT2D eigenvalue weighted by Crippen LogP contribution is 2.12. The van der Waals surface area contributed by atoms with Crippen LogP contribution in [-0.4, -0.2) is 45.2 Å². The number of halogens is 1. The number of guanidine groups is 1. The molecular formula is C19H32IN3O. The number of aryl methyl sites for hydroxylation is 1. The molecule has 0 fully saturated rings. The van der Waals surface area contributed by atoms with E-state index >= 15 is 0 Å². The van der Waals surface area contributed by atoms with Gasteiger partial charge < -0.3 is 15.0 Å². The van der Waals surface area contributed by atoms with Crippen molar-refractivity contribution in [2.75, 3.05) is 34.3 Å². The molecule has 0 bridgehead atoms. The fourth-order valence-electron chi connectivity index (χ4n) is 2.41. The Morgan fingerprint density at radius 3 is 2.54 bits per heavy atom. The molecule has 0 aliphatic heterocycles. The lowest BCUT2D eigenvalue weighted by Crippen LogP contribution is -2.39. The molecular weight excluding hydrogens is 413 g/mol. The summed E-state index contributed by atoms with van der Waals surface area (Å²) in [5, 5.41) is 3.43. The van der Waals surface area contributed by atoms with Crippen LogP contribution >= 0.6 is 24.0 Å². The van der Waals surface area contributed by atoms with Gasteiger partial charge in [-0.1, -0.05) is 18.2 Å². The third-order valence-corrected chi connectivity index (χ3v) is 3.81. The minimum absolute atomic E-state index is 0. The summed E-state index contributed by atoms with van der Waals surface area (Å²) in [7, 11) is 5.61. The third-order valence-electron chi connectivity index (χ3n) is 3.81. The second kappa shape index (κ2) is 14.1. The van der Waals surface area contributed by atoms with Crippen molar-refractivity contribution < 1.29 is 4.74 Å². The lowest BCUT2D eigenvalue weighted by molar-refractivity contribution is 0.414. The Hall–Kier alpha value is -1.24. The average Bonchev–Trinajstić information content (AvgIpc) is 2.58. The van der Waals surface area contributed by atoms with Gasteiger partial charge in [0.25, 0.3) is 0 Å². The average molecular weight is 445 g/mol. The molecule has 0 heterocycles. The molecule has 1 aromatic carbocycles. The zero-order valence-corrected chi connectivity index (χ0v) is 17.6. The van der Waals surface area contributed by atoms with Crippen molar-refractivity contribution in [3.8, 4) is 5.75 Å². The van der Waals surface area contributed by atoms with E-state index in [0.29, 0.717) is 0 Å². The van der Waals surface area contributed by atoms with Gasteiger partial charge in [-0.3, -0.25) is 4.99 Å². The summed E-state index contributed by atoms with van der Waals surface area (Å²) in [5.74, 6) is 1.89. The molecule has 0 saturated heterocycles. The molecule has 0 saturated carbocycles. The van der Waals surface area contributed by atoms with E-state index in [1.54, 1.807) is 7.11 Å². The molecule has 5 heteroatoms. The fraction of sp³-hybridized carbons (Fsp3) is 0.526. The minimum atomic E-state index is 0. The van der Waals surface area contributed by atoms with E-state index in [0.717, 1.165) is 56.9 Å². The Morgan fingerprint density at radius 2 is 1.96 bits per heavy atom. The van der Waals surface area contributed by atoms with Crippen molar-refractivity contribution in [3.05, 3.63) is 42.5 Å². The standard InChI is InChI=1S/C19H31N3O.HI/c1-5-6-9-16-22(3)19(20-2)21-15-8-7-10-17-11-13-18(23-4)14-12-17;/h5,11-14H,1,6-10,15-16H2,2-4H3,(H,20,21);1H. The van der Waals surface area contributed by atoms with Gasteiger partial charge in [-0.25, -0.2) is 0 Å². The van der Waals surface area contributed by atoms with E-state index < -0.39 is 0 Å². The predicted molar refractivity (Wildman–Crippen MR) is 115 cm³/mol.